The van der Waals surface area contributed by atoms with Crippen molar-refractivity contribution in [2.45, 2.75) is 12.7 Å². The summed E-state index contributed by atoms with van der Waals surface area (Å²) in [5.41, 5.74) is 2.73. The number of para-hydroxylation sites is 1. The van der Waals surface area contributed by atoms with Gasteiger partial charge in [-0.1, -0.05) is 48.0 Å². The molecule has 0 radical (unpaired) electrons. The summed E-state index contributed by atoms with van der Waals surface area (Å²) in [6.45, 7) is 4.04. The van der Waals surface area contributed by atoms with Crippen molar-refractivity contribution in [3.63, 3.8) is 0 Å². The lowest BCUT2D eigenvalue weighted by Gasteiger charge is -2.36. The molecule has 0 bridgehead atoms. The lowest BCUT2D eigenvalue weighted by atomic mass is 10.1. The van der Waals surface area contributed by atoms with Crippen LogP contribution < -0.4 is 9.47 Å². The standard InChI is InChI=1S/C28H31ClN2O4/c1-33-24-7-5-6-21(18-24)20-35-27(22-10-12-23(29)13-11-22)19-30-14-16-31(17-15-30)28(32)25-8-3-4-9-26(25)34-2/h3-13,18,27H,14-17,19-20H2,1-2H3. The second-order valence-corrected chi connectivity index (χ2v) is 8.93. The van der Waals surface area contributed by atoms with Gasteiger partial charge in [0.2, 0.25) is 0 Å². The summed E-state index contributed by atoms with van der Waals surface area (Å²) in [5, 5.41) is 0.698. The lowest BCUT2D eigenvalue weighted by molar-refractivity contribution is 0.00335. The number of amides is 1. The zero-order valence-electron chi connectivity index (χ0n) is 20.2. The fourth-order valence-electron chi connectivity index (χ4n) is 4.25. The zero-order chi connectivity index (χ0) is 24.6. The second kappa shape index (κ2) is 12.1. The molecular formula is C28H31ClN2O4. The molecule has 0 N–H and O–H groups in total. The Balaban J connectivity index is 1.40. The Hall–Kier alpha value is -3.06. The summed E-state index contributed by atoms with van der Waals surface area (Å²) in [6.07, 6.45) is -0.130. The van der Waals surface area contributed by atoms with E-state index in [1.807, 2.05) is 77.7 Å². The van der Waals surface area contributed by atoms with Crippen LogP contribution in [0.4, 0.5) is 0 Å². The summed E-state index contributed by atoms with van der Waals surface area (Å²) >= 11 is 6.12. The van der Waals surface area contributed by atoms with Crippen molar-refractivity contribution in [1.82, 2.24) is 9.80 Å². The van der Waals surface area contributed by atoms with E-state index in [9.17, 15) is 4.79 Å². The molecule has 1 unspecified atom stereocenters. The van der Waals surface area contributed by atoms with Crippen LogP contribution in [0, 0.1) is 0 Å². The average Bonchev–Trinajstić information content (AvgIpc) is 2.91. The van der Waals surface area contributed by atoms with Crippen molar-refractivity contribution in [2.24, 2.45) is 0 Å². The maximum Gasteiger partial charge on any atom is 0.257 e. The predicted octanol–water partition coefficient (Wildman–Crippen LogP) is 5.07. The largest absolute Gasteiger partial charge is 0.497 e. The van der Waals surface area contributed by atoms with Crippen molar-refractivity contribution in [3.05, 3.63) is 94.5 Å². The summed E-state index contributed by atoms with van der Waals surface area (Å²) in [6, 6.07) is 23.1. The van der Waals surface area contributed by atoms with Crippen LogP contribution in [0.3, 0.4) is 0 Å². The number of carbonyl (C=O) groups excluding carboxylic acids is 1. The first-order valence-electron chi connectivity index (χ1n) is 11.7. The van der Waals surface area contributed by atoms with Gasteiger partial charge >= 0.3 is 0 Å². The highest BCUT2D eigenvalue weighted by Crippen LogP contribution is 2.25. The zero-order valence-corrected chi connectivity index (χ0v) is 20.9. The van der Waals surface area contributed by atoms with Gasteiger partial charge in [-0.3, -0.25) is 9.69 Å². The third-order valence-corrected chi connectivity index (χ3v) is 6.50. The molecule has 0 spiro atoms. The molecule has 1 fully saturated rings. The molecular weight excluding hydrogens is 464 g/mol. The minimum atomic E-state index is -0.130. The van der Waals surface area contributed by atoms with Gasteiger partial charge in [-0.05, 0) is 47.5 Å². The van der Waals surface area contributed by atoms with Gasteiger partial charge in [0.1, 0.15) is 11.5 Å². The highest BCUT2D eigenvalue weighted by atomic mass is 35.5. The fraction of sp³-hybridized carbons (Fsp3) is 0.321. The van der Waals surface area contributed by atoms with E-state index in [-0.39, 0.29) is 12.0 Å². The number of rotatable bonds is 9. The highest BCUT2D eigenvalue weighted by molar-refractivity contribution is 6.30. The molecule has 6 nitrogen and oxygen atoms in total. The molecule has 1 aliphatic heterocycles. The van der Waals surface area contributed by atoms with E-state index in [1.165, 1.54) is 0 Å². The SMILES string of the molecule is COc1cccc(COC(CN2CCN(C(=O)c3ccccc3OC)CC2)c2ccc(Cl)cc2)c1. The van der Waals surface area contributed by atoms with E-state index >= 15 is 0 Å². The topological polar surface area (TPSA) is 51.2 Å². The van der Waals surface area contributed by atoms with E-state index in [0.29, 0.717) is 36.0 Å². The van der Waals surface area contributed by atoms with Crippen LogP contribution in [0.5, 0.6) is 11.5 Å². The van der Waals surface area contributed by atoms with Crippen molar-refractivity contribution in [1.29, 1.82) is 0 Å². The van der Waals surface area contributed by atoms with Gasteiger partial charge in [0, 0.05) is 37.7 Å². The number of carbonyl (C=O) groups is 1. The Morgan fingerprint density at radius 3 is 2.37 bits per heavy atom. The van der Waals surface area contributed by atoms with Crippen molar-refractivity contribution in [3.8, 4) is 11.5 Å². The minimum absolute atomic E-state index is 0.00521. The van der Waals surface area contributed by atoms with Gasteiger partial charge in [-0.15, -0.1) is 0 Å². The molecule has 1 atom stereocenters. The molecule has 1 aliphatic rings. The maximum absolute atomic E-state index is 13.1. The summed E-state index contributed by atoms with van der Waals surface area (Å²) in [5.74, 6) is 1.42. The van der Waals surface area contributed by atoms with Gasteiger partial charge < -0.3 is 19.1 Å². The van der Waals surface area contributed by atoms with E-state index in [0.717, 1.165) is 36.5 Å². The minimum Gasteiger partial charge on any atom is -0.497 e. The average molecular weight is 495 g/mol. The Morgan fingerprint density at radius 1 is 0.914 bits per heavy atom. The molecule has 1 saturated heterocycles. The molecule has 3 aromatic carbocycles. The van der Waals surface area contributed by atoms with Crippen LogP contribution in [-0.2, 0) is 11.3 Å². The molecule has 4 rings (SSSR count). The Bertz CT molecular complexity index is 1110. The van der Waals surface area contributed by atoms with E-state index in [1.54, 1.807) is 14.2 Å². The number of benzene rings is 3. The summed E-state index contributed by atoms with van der Waals surface area (Å²) < 4.78 is 17.1. The van der Waals surface area contributed by atoms with Gasteiger partial charge in [0.25, 0.3) is 5.91 Å². The second-order valence-electron chi connectivity index (χ2n) is 8.50. The number of piperazine rings is 1. The van der Waals surface area contributed by atoms with E-state index in [4.69, 9.17) is 25.8 Å². The third kappa shape index (κ3) is 6.54. The molecule has 0 saturated carbocycles. The van der Waals surface area contributed by atoms with Crippen molar-refractivity contribution >= 4 is 17.5 Å². The van der Waals surface area contributed by atoms with Crippen LogP contribution in [0.15, 0.2) is 72.8 Å². The van der Waals surface area contributed by atoms with Crippen LogP contribution in [0.1, 0.15) is 27.6 Å². The first kappa shape index (κ1) is 25.0. The van der Waals surface area contributed by atoms with Crippen LogP contribution in [0.25, 0.3) is 0 Å². The van der Waals surface area contributed by atoms with Crippen LogP contribution in [0.2, 0.25) is 5.02 Å². The molecule has 184 valence electrons. The first-order chi connectivity index (χ1) is 17.1. The van der Waals surface area contributed by atoms with Gasteiger partial charge in [-0.25, -0.2) is 0 Å². The Labute approximate surface area is 212 Å². The molecule has 35 heavy (non-hydrogen) atoms. The fourth-order valence-corrected chi connectivity index (χ4v) is 4.38. The molecule has 3 aromatic rings. The summed E-state index contributed by atoms with van der Waals surface area (Å²) in [4.78, 5) is 17.3. The number of methoxy groups -OCH3 is 2. The van der Waals surface area contributed by atoms with E-state index in [2.05, 4.69) is 4.90 Å². The van der Waals surface area contributed by atoms with Gasteiger partial charge in [0.05, 0.1) is 32.5 Å². The van der Waals surface area contributed by atoms with Gasteiger partial charge in [0.15, 0.2) is 0 Å². The quantitative estimate of drug-likeness (QED) is 0.415. The number of ether oxygens (including phenoxy) is 3. The molecule has 7 heteroatoms. The first-order valence-corrected chi connectivity index (χ1v) is 12.1. The smallest absolute Gasteiger partial charge is 0.257 e. The monoisotopic (exact) mass is 494 g/mol. The summed E-state index contributed by atoms with van der Waals surface area (Å²) in [7, 11) is 3.25. The lowest BCUT2D eigenvalue weighted by Crippen LogP contribution is -2.49. The molecule has 0 aliphatic carbocycles. The number of hydrogen-bond donors (Lipinski definition) is 0. The number of halogens is 1. The Morgan fingerprint density at radius 2 is 1.66 bits per heavy atom. The molecule has 1 heterocycles. The number of nitrogens with zero attached hydrogens (tertiary/aromatic N) is 2. The number of hydrogen-bond acceptors (Lipinski definition) is 5. The van der Waals surface area contributed by atoms with E-state index < -0.39 is 0 Å². The predicted molar refractivity (Wildman–Crippen MR) is 137 cm³/mol. The molecule has 1 amide bonds. The normalized spacial score (nSPS) is 15.0. The highest BCUT2D eigenvalue weighted by Gasteiger charge is 2.26. The van der Waals surface area contributed by atoms with Crippen molar-refractivity contribution in [2.75, 3.05) is 46.9 Å². The van der Waals surface area contributed by atoms with Crippen LogP contribution in [-0.4, -0.2) is 62.7 Å². The Kier molecular flexibility index (Phi) is 8.64. The van der Waals surface area contributed by atoms with Gasteiger partial charge in [-0.2, -0.15) is 0 Å². The third-order valence-electron chi connectivity index (χ3n) is 6.25. The maximum atomic E-state index is 13.1. The van der Waals surface area contributed by atoms with Crippen LogP contribution >= 0.6 is 11.6 Å². The van der Waals surface area contributed by atoms with Crippen molar-refractivity contribution < 1.29 is 19.0 Å². The molecule has 0 aromatic heterocycles.